The van der Waals surface area contributed by atoms with Crippen molar-refractivity contribution in [3.05, 3.63) is 83.7 Å². The molecule has 124 valence electrons. The fraction of sp³-hybridized carbons (Fsp3) is 0.176. The number of hydrogen-bond donors (Lipinski definition) is 0. The molecular weight excluding hydrogens is 319 g/mol. The average molecular weight is 333 g/mol. The molecule has 3 rings (SSSR count). The van der Waals surface area contributed by atoms with Gasteiger partial charge in [-0.25, -0.2) is 18.2 Å². The summed E-state index contributed by atoms with van der Waals surface area (Å²) in [6.45, 7) is 0.111. The molecule has 0 fully saturated rings. The molecule has 0 N–H and O–H groups in total. The van der Waals surface area contributed by atoms with Gasteiger partial charge in [0.15, 0.2) is 0 Å². The molecule has 0 aliphatic rings. The van der Waals surface area contributed by atoms with E-state index >= 15 is 0 Å². The second kappa shape index (κ2) is 7.27. The lowest BCUT2D eigenvalue weighted by molar-refractivity contribution is 0.0219. The van der Waals surface area contributed by atoms with Gasteiger partial charge >= 0.3 is 0 Å². The van der Waals surface area contributed by atoms with Crippen LogP contribution in [0.5, 0.6) is 0 Å². The fourth-order valence-corrected chi connectivity index (χ4v) is 2.31. The highest BCUT2D eigenvalue weighted by atomic mass is 19.1. The van der Waals surface area contributed by atoms with Crippen LogP contribution in [0.15, 0.2) is 55.1 Å². The van der Waals surface area contributed by atoms with Gasteiger partial charge in [-0.1, -0.05) is 24.3 Å². The van der Waals surface area contributed by atoms with Gasteiger partial charge in [0.2, 0.25) is 0 Å². The molecule has 0 radical (unpaired) electrons. The third-order valence-corrected chi connectivity index (χ3v) is 3.53. The predicted molar refractivity (Wildman–Crippen MR) is 80.3 cm³/mol. The zero-order valence-electron chi connectivity index (χ0n) is 12.6. The van der Waals surface area contributed by atoms with Crippen LogP contribution in [0, 0.1) is 17.5 Å². The maximum absolute atomic E-state index is 14.1. The Morgan fingerprint density at radius 1 is 1.04 bits per heavy atom. The zero-order valence-corrected chi connectivity index (χ0v) is 12.6. The summed E-state index contributed by atoms with van der Waals surface area (Å²) in [6, 6.07) is 9.42. The average Bonchev–Trinajstić information content (AvgIpc) is 3.06. The molecule has 24 heavy (non-hydrogen) atoms. The van der Waals surface area contributed by atoms with Gasteiger partial charge in [0, 0.05) is 17.2 Å². The van der Waals surface area contributed by atoms with E-state index in [2.05, 4.69) is 10.1 Å². The minimum atomic E-state index is -0.771. The SMILES string of the molecule is Fc1ccc(C(Cn2cncn2)OCc2ccccc2F)c(F)c1. The van der Waals surface area contributed by atoms with E-state index in [1.165, 1.54) is 29.5 Å². The first-order valence-electron chi connectivity index (χ1n) is 7.26. The van der Waals surface area contributed by atoms with Crippen LogP contribution in [0.4, 0.5) is 13.2 Å². The second-order valence-corrected chi connectivity index (χ2v) is 5.17. The summed E-state index contributed by atoms with van der Waals surface area (Å²) in [7, 11) is 0. The molecule has 1 heterocycles. The predicted octanol–water partition coefficient (Wildman–Crippen LogP) is 3.65. The lowest BCUT2D eigenvalue weighted by atomic mass is 10.1. The van der Waals surface area contributed by atoms with Gasteiger partial charge in [0.25, 0.3) is 0 Å². The van der Waals surface area contributed by atoms with E-state index in [0.717, 1.165) is 12.1 Å². The summed E-state index contributed by atoms with van der Waals surface area (Å²) in [6.07, 6.45) is 2.03. The van der Waals surface area contributed by atoms with Gasteiger partial charge < -0.3 is 4.74 Å². The van der Waals surface area contributed by atoms with E-state index in [-0.39, 0.29) is 18.7 Å². The Hall–Kier alpha value is -2.67. The zero-order chi connectivity index (χ0) is 16.9. The van der Waals surface area contributed by atoms with Crippen LogP contribution in [0.1, 0.15) is 17.2 Å². The molecule has 0 spiro atoms. The topological polar surface area (TPSA) is 39.9 Å². The van der Waals surface area contributed by atoms with E-state index in [1.807, 2.05) is 0 Å². The van der Waals surface area contributed by atoms with Crippen molar-refractivity contribution in [2.24, 2.45) is 0 Å². The van der Waals surface area contributed by atoms with E-state index in [0.29, 0.717) is 5.56 Å². The Labute approximate surface area is 136 Å². The summed E-state index contributed by atoms with van der Waals surface area (Å²) < 4.78 is 48.1. The molecule has 0 saturated carbocycles. The Morgan fingerprint density at radius 2 is 1.88 bits per heavy atom. The van der Waals surface area contributed by atoms with Crippen molar-refractivity contribution in [2.45, 2.75) is 19.3 Å². The Balaban J connectivity index is 1.83. The lowest BCUT2D eigenvalue weighted by Crippen LogP contribution is -2.15. The molecule has 0 aliphatic heterocycles. The van der Waals surface area contributed by atoms with E-state index in [1.54, 1.807) is 18.2 Å². The van der Waals surface area contributed by atoms with E-state index in [9.17, 15) is 13.2 Å². The van der Waals surface area contributed by atoms with Gasteiger partial charge in [-0.15, -0.1) is 0 Å². The van der Waals surface area contributed by atoms with E-state index < -0.39 is 23.6 Å². The summed E-state index contributed by atoms with van der Waals surface area (Å²) in [5, 5.41) is 3.96. The standard InChI is InChI=1S/C17H14F3N3O/c18-13-5-6-14(16(20)7-13)17(8-23-11-21-10-22-23)24-9-12-3-1-2-4-15(12)19/h1-7,10-11,17H,8-9H2. The molecule has 4 nitrogen and oxygen atoms in total. The van der Waals surface area contributed by atoms with Gasteiger partial charge in [0.1, 0.15) is 36.2 Å². The van der Waals surface area contributed by atoms with Crippen LogP contribution in [0.25, 0.3) is 0 Å². The number of aromatic nitrogens is 3. The fourth-order valence-electron chi connectivity index (χ4n) is 2.31. The third kappa shape index (κ3) is 3.80. The van der Waals surface area contributed by atoms with Crippen LogP contribution in [0.2, 0.25) is 0 Å². The third-order valence-electron chi connectivity index (χ3n) is 3.53. The Kier molecular flexibility index (Phi) is 4.90. The summed E-state index contributed by atoms with van der Waals surface area (Å²) in [5.41, 5.74) is 0.520. The molecule has 7 heteroatoms. The molecular formula is C17H14F3N3O. The number of ether oxygens (including phenoxy) is 1. The van der Waals surface area contributed by atoms with Gasteiger partial charge in [-0.05, 0) is 12.1 Å². The summed E-state index contributed by atoms with van der Waals surface area (Å²) in [5.74, 6) is -1.81. The lowest BCUT2D eigenvalue weighted by Gasteiger charge is -2.19. The van der Waals surface area contributed by atoms with Crippen LogP contribution >= 0.6 is 0 Å². The maximum atomic E-state index is 14.1. The monoisotopic (exact) mass is 333 g/mol. The number of halogens is 3. The number of benzene rings is 2. The van der Waals surface area contributed by atoms with Gasteiger partial charge in [0.05, 0.1) is 13.2 Å². The first-order valence-corrected chi connectivity index (χ1v) is 7.26. The quantitative estimate of drug-likeness (QED) is 0.691. The van der Waals surface area contributed by atoms with Crippen molar-refractivity contribution >= 4 is 0 Å². The summed E-state index contributed by atoms with van der Waals surface area (Å²) >= 11 is 0. The van der Waals surface area contributed by atoms with Crippen molar-refractivity contribution < 1.29 is 17.9 Å². The molecule has 0 saturated heterocycles. The van der Waals surface area contributed by atoms with Crippen LogP contribution < -0.4 is 0 Å². The van der Waals surface area contributed by atoms with Gasteiger partial charge in [-0.3, -0.25) is 4.68 Å². The van der Waals surface area contributed by atoms with Crippen LogP contribution in [0.3, 0.4) is 0 Å². The molecule has 3 aromatic rings. The van der Waals surface area contributed by atoms with Crippen molar-refractivity contribution in [1.29, 1.82) is 0 Å². The minimum Gasteiger partial charge on any atom is -0.367 e. The molecule has 0 amide bonds. The maximum Gasteiger partial charge on any atom is 0.137 e. The van der Waals surface area contributed by atoms with Crippen molar-refractivity contribution in [3.63, 3.8) is 0 Å². The molecule has 1 unspecified atom stereocenters. The Bertz CT molecular complexity index is 809. The normalized spacial score (nSPS) is 12.3. The Morgan fingerprint density at radius 3 is 2.58 bits per heavy atom. The number of rotatable bonds is 6. The number of hydrogen-bond acceptors (Lipinski definition) is 3. The molecule has 1 aromatic heterocycles. The highest BCUT2D eigenvalue weighted by Crippen LogP contribution is 2.25. The minimum absolute atomic E-state index is 0.0527. The van der Waals surface area contributed by atoms with E-state index in [4.69, 9.17) is 4.74 Å². The molecule has 2 aromatic carbocycles. The second-order valence-electron chi connectivity index (χ2n) is 5.17. The summed E-state index contributed by atoms with van der Waals surface area (Å²) in [4.78, 5) is 3.82. The first-order chi connectivity index (χ1) is 11.6. The molecule has 0 bridgehead atoms. The largest absolute Gasteiger partial charge is 0.367 e. The van der Waals surface area contributed by atoms with Crippen molar-refractivity contribution in [1.82, 2.24) is 14.8 Å². The van der Waals surface area contributed by atoms with Gasteiger partial charge in [-0.2, -0.15) is 5.10 Å². The van der Waals surface area contributed by atoms with Crippen molar-refractivity contribution in [3.8, 4) is 0 Å². The smallest absolute Gasteiger partial charge is 0.137 e. The molecule has 0 aliphatic carbocycles. The molecule has 1 atom stereocenters. The highest BCUT2D eigenvalue weighted by Gasteiger charge is 2.19. The number of nitrogens with zero attached hydrogens (tertiary/aromatic N) is 3. The highest BCUT2D eigenvalue weighted by molar-refractivity contribution is 5.21. The van der Waals surface area contributed by atoms with Crippen molar-refractivity contribution in [2.75, 3.05) is 0 Å². The van der Waals surface area contributed by atoms with Crippen LogP contribution in [-0.4, -0.2) is 14.8 Å². The first kappa shape index (κ1) is 16.2. The van der Waals surface area contributed by atoms with Crippen LogP contribution in [-0.2, 0) is 17.9 Å².